The lowest BCUT2D eigenvalue weighted by Gasteiger charge is -2.23. The third-order valence-electron chi connectivity index (χ3n) is 3.45. The molecule has 1 atom stereocenters. The van der Waals surface area contributed by atoms with Crippen LogP contribution in [0.1, 0.15) is 38.7 Å². The fourth-order valence-electron chi connectivity index (χ4n) is 2.42. The summed E-state index contributed by atoms with van der Waals surface area (Å²) in [5, 5.41) is 6.26. The predicted molar refractivity (Wildman–Crippen MR) is 81.2 cm³/mol. The summed E-state index contributed by atoms with van der Waals surface area (Å²) in [7, 11) is 0. The lowest BCUT2D eigenvalue weighted by Crippen LogP contribution is -2.43. The van der Waals surface area contributed by atoms with Crippen LogP contribution in [0.15, 0.2) is 18.2 Å². The van der Waals surface area contributed by atoms with Gasteiger partial charge in [0.15, 0.2) is 0 Å². The standard InChI is InChI=1S/C16H24N2O2/c1-11(2)20-13-7-8-14(12(3)10-13)18-16(19)15-6-4-5-9-17-15/h7-8,10-11,15,17H,4-6,9H2,1-3H3,(H,18,19). The Morgan fingerprint density at radius 1 is 1.40 bits per heavy atom. The number of hydrogen-bond acceptors (Lipinski definition) is 3. The van der Waals surface area contributed by atoms with Crippen molar-refractivity contribution >= 4 is 11.6 Å². The lowest BCUT2D eigenvalue weighted by atomic mass is 10.0. The van der Waals surface area contributed by atoms with Gasteiger partial charge in [0.25, 0.3) is 0 Å². The van der Waals surface area contributed by atoms with Crippen LogP contribution in [-0.2, 0) is 4.79 Å². The summed E-state index contributed by atoms with van der Waals surface area (Å²) in [6.07, 6.45) is 3.34. The first kappa shape index (κ1) is 14.9. The minimum atomic E-state index is -0.0604. The summed E-state index contributed by atoms with van der Waals surface area (Å²) in [6, 6.07) is 5.71. The van der Waals surface area contributed by atoms with E-state index >= 15 is 0 Å². The van der Waals surface area contributed by atoms with Crippen molar-refractivity contribution in [3.63, 3.8) is 0 Å². The van der Waals surface area contributed by atoms with Crippen molar-refractivity contribution in [1.82, 2.24) is 5.32 Å². The van der Waals surface area contributed by atoms with Gasteiger partial charge in [0, 0.05) is 5.69 Å². The van der Waals surface area contributed by atoms with Gasteiger partial charge in [0.05, 0.1) is 12.1 Å². The molecule has 2 N–H and O–H groups in total. The van der Waals surface area contributed by atoms with Crippen molar-refractivity contribution in [1.29, 1.82) is 0 Å². The lowest BCUT2D eigenvalue weighted by molar-refractivity contribution is -0.118. The molecule has 1 aromatic rings. The molecule has 1 unspecified atom stereocenters. The molecule has 1 fully saturated rings. The Labute approximate surface area is 120 Å². The van der Waals surface area contributed by atoms with Gasteiger partial charge < -0.3 is 15.4 Å². The number of benzene rings is 1. The van der Waals surface area contributed by atoms with Gasteiger partial charge in [-0.3, -0.25) is 4.79 Å². The zero-order valence-electron chi connectivity index (χ0n) is 12.5. The number of aryl methyl sites for hydroxylation is 1. The van der Waals surface area contributed by atoms with E-state index < -0.39 is 0 Å². The average molecular weight is 276 g/mol. The van der Waals surface area contributed by atoms with Crippen LogP contribution in [0.5, 0.6) is 5.75 Å². The van der Waals surface area contributed by atoms with Gasteiger partial charge in [-0.1, -0.05) is 6.42 Å². The third-order valence-corrected chi connectivity index (χ3v) is 3.45. The molecule has 1 aliphatic heterocycles. The second kappa shape index (κ2) is 6.75. The number of anilines is 1. The Morgan fingerprint density at radius 3 is 2.80 bits per heavy atom. The van der Waals surface area contributed by atoms with Crippen LogP contribution in [0.2, 0.25) is 0 Å². The molecule has 0 aromatic heterocycles. The van der Waals surface area contributed by atoms with E-state index in [1.807, 2.05) is 39.0 Å². The van der Waals surface area contributed by atoms with E-state index in [2.05, 4.69) is 10.6 Å². The smallest absolute Gasteiger partial charge is 0.241 e. The summed E-state index contributed by atoms with van der Waals surface area (Å²) < 4.78 is 5.65. The predicted octanol–water partition coefficient (Wildman–Crippen LogP) is 2.86. The van der Waals surface area contributed by atoms with Crippen LogP contribution in [0.4, 0.5) is 5.69 Å². The highest BCUT2D eigenvalue weighted by atomic mass is 16.5. The highest BCUT2D eigenvalue weighted by Gasteiger charge is 2.20. The normalized spacial score (nSPS) is 18.9. The maximum atomic E-state index is 12.2. The molecule has 1 aromatic carbocycles. The van der Waals surface area contributed by atoms with E-state index in [4.69, 9.17) is 4.74 Å². The minimum Gasteiger partial charge on any atom is -0.491 e. The maximum Gasteiger partial charge on any atom is 0.241 e. The van der Waals surface area contributed by atoms with Crippen LogP contribution in [0, 0.1) is 6.92 Å². The van der Waals surface area contributed by atoms with Crippen LogP contribution < -0.4 is 15.4 Å². The third kappa shape index (κ3) is 3.97. The van der Waals surface area contributed by atoms with Crippen molar-refractivity contribution in [2.24, 2.45) is 0 Å². The Bertz CT molecular complexity index is 466. The number of hydrogen-bond donors (Lipinski definition) is 2. The number of amides is 1. The number of rotatable bonds is 4. The van der Waals surface area contributed by atoms with Gasteiger partial charge in [-0.15, -0.1) is 0 Å². The minimum absolute atomic E-state index is 0.0604. The first-order chi connectivity index (χ1) is 9.56. The maximum absolute atomic E-state index is 12.2. The molecule has 2 rings (SSSR count). The second-order valence-corrected chi connectivity index (χ2v) is 5.64. The number of ether oxygens (including phenoxy) is 1. The van der Waals surface area contributed by atoms with E-state index in [1.165, 1.54) is 0 Å². The molecule has 0 spiro atoms. The summed E-state index contributed by atoms with van der Waals surface area (Å²) in [5.74, 6) is 0.900. The van der Waals surface area contributed by atoms with Crippen LogP contribution in [0.3, 0.4) is 0 Å². The van der Waals surface area contributed by atoms with Gasteiger partial charge in [0.1, 0.15) is 5.75 Å². The van der Waals surface area contributed by atoms with E-state index in [1.54, 1.807) is 0 Å². The number of nitrogens with one attached hydrogen (secondary N) is 2. The Morgan fingerprint density at radius 2 is 2.20 bits per heavy atom. The number of carbonyl (C=O) groups is 1. The molecule has 110 valence electrons. The molecule has 1 heterocycles. The molecule has 4 heteroatoms. The first-order valence-electron chi connectivity index (χ1n) is 7.38. The van der Waals surface area contributed by atoms with Gasteiger partial charge in [-0.05, 0) is 63.9 Å². The molecular formula is C16H24N2O2. The van der Waals surface area contributed by atoms with Crippen molar-refractivity contribution in [2.45, 2.75) is 52.2 Å². The topological polar surface area (TPSA) is 50.4 Å². The van der Waals surface area contributed by atoms with E-state index in [0.29, 0.717) is 0 Å². The molecule has 1 saturated heterocycles. The van der Waals surface area contributed by atoms with Gasteiger partial charge in [0.2, 0.25) is 5.91 Å². The summed E-state index contributed by atoms with van der Waals surface area (Å²) in [5.41, 5.74) is 1.88. The Hall–Kier alpha value is -1.55. The highest BCUT2D eigenvalue weighted by molar-refractivity contribution is 5.95. The fourth-order valence-corrected chi connectivity index (χ4v) is 2.42. The molecule has 0 saturated carbocycles. The summed E-state index contributed by atoms with van der Waals surface area (Å²) in [6.45, 7) is 6.91. The van der Waals surface area contributed by atoms with Crippen LogP contribution in [-0.4, -0.2) is 24.6 Å². The monoisotopic (exact) mass is 276 g/mol. The summed E-state index contributed by atoms with van der Waals surface area (Å²) >= 11 is 0. The molecule has 1 amide bonds. The van der Waals surface area contributed by atoms with E-state index in [0.717, 1.165) is 42.8 Å². The molecular weight excluding hydrogens is 252 g/mol. The average Bonchev–Trinajstić information content (AvgIpc) is 2.42. The SMILES string of the molecule is Cc1cc(OC(C)C)ccc1NC(=O)C1CCCCN1. The van der Waals surface area contributed by atoms with Crippen molar-refractivity contribution < 1.29 is 9.53 Å². The number of carbonyl (C=O) groups excluding carboxylic acids is 1. The van der Waals surface area contributed by atoms with E-state index in [9.17, 15) is 4.79 Å². The summed E-state index contributed by atoms with van der Waals surface area (Å²) in [4.78, 5) is 12.2. The van der Waals surface area contributed by atoms with Crippen LogP contribution >= 0.6 is 0 Å². The van der Waals surface area contributed by atoms with Crippen molar-refractivity contribution in [3.8, 4) is 5.75 Å². The zero-order chi connectivity index (χ0) is 14.5. The van der Waals surface area contributed by atoms with Crippen molar-refractivity contribution in [2.75, 3.05) is 11.9 Å². The quantitative estimate of drug-likeness (QED) is 0.889. The molecule has 20 heavy (non-hydrogen) atoms. The molecule has 0 radical (unpaired) electrons. The van der Waals surface area contributed by atoms with Crippen LogP contribution in [0.25, 0.3) is 0 Å². The molecule has 4 nitrogen and oxygen atoms in total. The second-order valence-electron chi connectivity index (χ2n) is 5.64. The number of piperidine rings is 1. The largest absolute Gasteiger partial charge is 0.491 e. The Kier molecular flexibility index (Phi) is 5.01. The fraction of sp³-hybridized carbons (Fsp3) is 0.562. The van der Waals surface area contributed by atoms with Gasteiger partial charge in [-0.2, -0.15) is 0 Å². The Balaban J connectivity index is 2.00. The van der Waals surface area contributed by atoms with Gasteiger partial charge in [-0.25, -0.2) is 0 Å². The zero-order valence-corrected chi connectivity index (χ0v) is 12.5. The molecule has 0 aliphatic carbocycles. The van der Waals surface area contributed by atoms with Gasteiger partial charge >= 0.3 is 0 Å². The van der Waals surface area contributed by atoms with Crippen molar-refractivity contribution in [3.05, 3.63) is 23.8 Å². The highest BCUT2D eigenvalue weighted by Crippen LogP contribution is 2.22. The molecule has 1 aliphatic rings. The first-order valence-corrected chi connectivity index (χ1v) is 7.38. The van der Waals surface area contributed by atoms with E-state index in [-0.39, 0.29) is 18.1 Å². The molecule has 0 bridgehead atoms.